The molecule has 38 heavy (non-hydrogen) atoms. The molecule has 13 heteroatoms. The first-order valence-electron chi connectivity index (χ1n) is 12.0. The number of sulfonamides is 2. The lowest BCUT2D eigenvalue weighted by molar-refractivity contribution is -0.134. The molecule has 2 aromatic carbocycles. The zero-order valence-corrected chi connectivity index (χ0v) is 23.8. The number of methoxy groups -OCH3 is 1. The van der Waals surface area contributed by atoms with Gasteiger partial charge in [0.25, 0.3) is 10.0 Å². The molecule has 3 rings (SSSR count). The number of nitrogens with zero attached hydrogens (tertiary/aromatic N) is 2. The van der Waals surface area contributed by atoms with Gasteiger partial charge in [0, 0.05) is 30.8 Å². The smallest absolute Gasteiger partial charge is 0.261 e. The number of nitrogens with one attached hydrogen (secondary N) is 1. The number of fused-ring (bicyclic) bond motifs is 1. The summed E-state index contributed by atoms with van der Waals surface area (Å²) in [6.45, 7) is 3.62. The predicted molar refractivity (Wildman–Crippen MR) is 143 cm³/mol. The summed E-state index contributed by atoms with van der Waals surface area (Å²) in [5.41, 5.74) is 0.663. The van der Waals surface area contributed by atoms with Gasteiger partial charge < -0.3 is 19.5 Å². The van der Waals surface area contributed by atoms with E-state index in [1.165, 1.54) is 54.9 Å². The maximum absolute atomic E-state index is 13.3. The molecule has 1 heterocycles. The summed E-state index contributed by atoms with van der Waals surface area (Å²) in [5.74, 6) is 0.318. The first-order valence-corrected chi connectivity index (χ1v) is 15.4. The minimum atomic E-state index is -3.93. The van der Waals surface area contributed by atoms with Crippen molar-refractivity contribution in [3.63, 3.8) is 0 Å². The average Bonchev–Trinajstić information content (AvgIpc) is 2.90. The summed E-state index contributed by atoms with van der Waals surface area (Å²) in [6, 6.07) is 10.1. The van der Waals surface area contributed by atoms with Crippen molar-refractivity contribution in [2.24, 2.45) is 5.92 Å². The zero-order chi connectivity index (χ0) is 28.3. The number of hydrogen-bond acceptors (Lipinski definition) is 8. The fraction of sp³-hybridized carbons (Fsp3) is 0.480. The molecule has 0 aromatic heterocycles. The Bertz CT molecular complexity index is 1350. The SMILES string of the molecule is COc1ccc(S(=O)(=O)Nc2ccc3c(c2)CC(=O)N([C@@H](C)CO)C[C@@H](C)[C@@H](CN(C)S(C)(=O)=O)O3)cc1. The van der Waals surface area contributed by atoms with Crippen LogP contribution in [0.3, 0.4) is 0 Å². The standard InChI is InChI=1S/C25H35N3O8S2/c1-17-14-28(18(2)16-29)25(30)13-19-12-20(26-38(33,34)22-9-7-21(35-4)8-10-22)6-11-23(19)36-24(17)15-27(3)37(5,31)32/h6-12,17-18,24,26,29H,13-16H2,1-5H3/t17-,18+,24-/m1/s1. The Morgan fingerprint density at radius 3 is 2.42 bits per heavy atom. The molecule has 2 N–H and O–H groups in total. The molecule has 0 spiro atoms. The Balaban J connectivity index is 1.98. The highest BCUT2D eigenvalue weighted by Crippen LogP contribution is 2.30. The molecule has 1 amide bonds. The van der Waals surface area contributed by atoms with Gasteiger partial charge in [0.05, 0.1) is 43.9 Å². The molecule has 0 saturated heterocycles. The molecular formula is C25H35N3O8S2. The third kappa shape index (κ3) is 7.16. The maximum atomic E-state index is 13.3. The van der Waals surface area contributed by atoms with E-state index in [2.05, 4.69) is 4.72 Å². The van der Waals surface area contributed by atoms with Gasteiger partial charge in [-0.2, -0.15) is 0 Å². The van der Waals surface area contributed by atoms with Gasteiger partial charge >= 0.3 is 0 Å². The Kier molecular flexibility index (Phi) is 9.29. The highest BCUT2D eigenvalue weighted by atomic mass is 32.2. The van der Waals surface area contributed by atoms with E-state index in [1.807, 2.05) is 6.92 Å². The van der Waals surface area contributed by atoms with Gasteiger partial charge in [-0.3, -0.25) is 9.52 Å². The molecule has 0 saturated carbocycles. The van der Waals surface area contributed by atoms with Gasteiger partial charge in [-0.05, 0) is 49.4 Å². The van der Waals surface area contributed by atoms with Gasteiger partial charge in [-0.15, -0.1) is 0 Å². The zero-order valence-electron chi connectivity index (χ0n) is 22.1. The first kappa shape index (κ1) is 29.7. The summed E-state index contributed by atoms with van der Waals surface area (Å²) in [7, 11) is -4.48. The second-order valence-electron chi connectivity index (χ2n) is 9.54. The first-order chi connectivity index (χ1) is 17.7. The van der Waals surface area contributed by atoms with Crippen LogP contribution in [0.4, 0.5) is 5.69 Å². The largest absolute Gasteiger partial charge is 0.497 e. The number of likely N-dealkylation sites (N-methyl/N-ethyl adjacent to an activating group) is 1. The van der Waals surface area contributed by atoms with E-state index in [4.69, 9.17) is 9.47 Å². The minimum Gasteiger partial charge on any atom is -0.497 e. The van der Waals surface area contributed by atoms with E-state index in [-0.39, 0.29) is 48.5 Å². The van der Waals surface area contributed by atoms with Crippen molar-refractivity contribution >= 4 is 31.6 Å². The second-order valence-corrected chi connectivity index (χ2v) is 13.3. The number of amides is 1. The summed E-state index contributed by atoms with van der Waals surface area (Å²) < 4.78 is 65.1. The normalized spacial score (nSPS) is 19.6. The minimum absolute atomic E-state index is 0.0369. The van der Waals surface area contributed by atoms with Crippen molar-refractivity contribution in [2.75, 3.05) is 44.8 Å². The van der Waals surface area contributed by atoms with Crippen LogP contribution in [0.1, 0.15) is 19.4 Å². The van der Waals surface area contributed by atoms with Crippen molar-refractivity contribution in [3.8, 4) is 11.5 Å². The topological polar surface area (TPSA) is 143 Å². The van der Waals surface area contributed by atoms with Crippen molar-refractivity contribution in [1.82, 2.24) is 9.21 Å². The van der Waals surface area contributed by atoms with Gasteiger partial charge in [0.15, 0.2) is 0 Å². The van der Waals surface area contributed by atoms with E-state index in [1.54, 1.807) is 17.9 Å². The van der Waals surface area contributed by atoms with Crippen molar-refractivity contribution in [1.29, 1.82) is 0 Å². The molecule has 1 aliphatic heterocycles. The van der Waals surface area contributed by atoms with E-state index >= 15 is 0 Å². The summed E-state index contributed by atoms with van der Waals surface area (Å²) in [6.07, 6.45) is 0.389. The van der Waals surface area contributed by atoms with Crippen LogP contribution < -0.4 is 14.2 Å². The second kappa shape index (κ2) is 11.9. The highest BCUT2D eigenvalue weighted by molar-refractivity contribution is 7.92. The quantitative estimate of drug-likeness (QED) is 0.463. The molecule has 0 bridgehead atoms. The number of carbonyl (C=O) groups is 1. The van der Waals surface area contributed by atoms with Crippen molar-refractivity contribution in [2.45, 2.75) is 37.3 Å². The molecule has 0 aliphatic carbocycles. The third-order valence-electron chi connectivity index (χ3n) is 6.54. The van der Waals surface area contributed by atoms with Crippen LogP contribution in [0, 0.1) is 5.92 Å². The van der Waals surface area contributed by atoms with E-state index in [0.29, 0.717) is 17.1 Å². The van der Waals surface area contributed by atoms with Crippen molar-refractivity contribution in [3.05, 3.63) is 48.0 Å². The van der Waals surface area contributed by atoms with Gasteiger partial charge in [0.1, 0.15) is 17.6 Å². The number of aliphatic hydroxyl groups is 1. The fourth-order valence-electron chi connectivity index (χ4n) is 4.07. The number of anilines is 1. The maximum Gasteiger partial charge on any atom is 0.261 e. The molecule has 2 aromatic rings. The molecule has 1 aliphatic rings. The van der Waals surface area contributed by atoms with Crippen LogP contribution in [0.25, 0.3) is 0 Å². The van der Waals surface area contributed by atoms with Gasteiger partial charge in [-0.25, -0.2) is 21.1 Å². The summed E-state index contributed by atoms with van der Waals surface area (Å²) in [5, 5.41) is 9.75. The number of rotatable bonds is 9. The Labute approximate surface area is 224 Å². The number of benzene rings is 2. The van der Waals surface area contributed by atoms with E-state index in [9.17, 15) is 26.7 Å². The Morgan fingerprint density at radius 2 is 1.84 bits per heavy atom. The average molecular weight is 570 g/mol. The Morgan fingerprint density at radius 1 is 1.18 bits per heavy atom. The molecule has 11 nitrogen and oxygen atoms in total. The fourth-order valence-corrected chi connectivity index (χ4v) is 5.54. The molecule has 0 unspecified atom stereocenters. The van der Waals surface area contributed by atoms with E-state index in [0.717, 1.165) is 6.26 Å². The number of aliphatic hydroxyl groups excluding tert-OH is 1. The van der Waals surface area contributed by atoms with Crippen LogP contribution in [0.5, 0.6) is 11.5 Å². The lowest BCUT2D eigenvalue weighted by atomic mass is 10.0. The molecule has 0 fully saturated rings. The van der Waals surface area contributed by atoms with Crippen molar-refractivity contribution < 1.29 is 36.2 Å². The van der Waals surface area contributed by atoms with Crippen LogP contribution in [0.2, 0.25) is 0 Å². The van der Waals surface area contributed by atoms with Gasteiger partial charge in [-0.1, -0.05) is 6.92 Å². The highest BCUT2D eigenvalue weighted by Gasteiger charge is 2.32. The molecule has 210 valence electrons. The van der Waals surface area contributed by atoms with Crippen LogP contribution in [-0.4, -0.2) is 89.3 Å². The van der Waals surface area contributed by atoms with E-state index < -0.39 is 32.2 Å². The van der Waals surface area contributed by atoms with Gasteiger partial charge in [0.2, 0.25) is 15.9 Å². The molecule has 0 radical (unpaired) electrons. The predicted octanol–water partition coefficient (Wildman–Crippen LogP) is 1.54. The Hall–Kier alpha value is -2.87. The van der Waals surface area contributed by atoms with Crippen LogP contribution >= 0.6 is 0 Å². The summed E-state index contributed by atoms with van der Waals surface area (Å²) >= 11 is 0. The summed E-state index contributed by atoms with van der Waals surface area (Å²) in [4.78, 5) is 14.9. The van der Waals surface area contributed by atoms with Crippen LogP contribution in [0.15, 0.2) is 47.4 Å². The number of hydrogen-bond donors (Lipinski definition) is 2. The lowest BCUT2D eigenvalue weighted by Crippen LogP contribution is -2.48. The number of ether oxygens (including phenoxy) is 2. The molecular weight excluding hydrogens is 534 g/mol. The monoisotopic (exact) mass is 569 g/mol. The molecule has 3 atom stereocenters. The van der Waals surface area contributed by atoms with Crippen LogP contribution in [-0.2, 0) is 31.3 Å². The lowest BCUT2D eigenvalue weighted by Gasteiger charge is -2.33. The third-order valence-corrected chi connectivity index (χ3v) is 9.22. The number of carbonyl (C=O) groups excluding carboxylic acids is 1.